The number of nitrogens with two attached hydrogens (primary N) is 1. The molecule has 0 fully saturated rings. The number of para-hydroxylation sites is 1. The minimum Gasteiger partial charge on any atom is -0.493 e. The third-order valence-corrected chi connectivity index (χ3v) is 4.19. The highest BCUT2D eigenvalue weighted by atomic mass is 16.5. The van der Waals surface area contributed by atoms with Crippen molar-refractivity contribution in [2.24, 2.45) is 11.1 Å². The Hall–Kier alpha value is -1.42. The van der Waals surface area contributed by atoms with Crippen LogP contribution in [-0.2, 0) is 0 Å². The molecule has 20 heavy (non-hydrogen) atoms. The van der Waals surface area contributed by atoms with Crippen LogP contribution >= 0.6 is 0 Å². The van der Waals surface area contributed by atoms with Gasteiger partial charge < -0.3 is 19.9 Å². The lowest BCUT2D eigenvalue weighted by molar-refractivity contribution is 0.183. The van der Waals surface area contributed by atoms with E-state index in [9.17, 15) is 0 Å². The molecule has 0 saturated heterocycles. The van der Waals surface area contributed by atoms with E-state index < -0.39 is 0 Å². The molecule has 0 radical (unpaired) electrons. The van der Waals surface area contributed by atoms with E-state index in [1.807, 2.05) is 18.2 Å². The number of hydrogen-bond acceptors (Lipinski definition) is 4. The van der Waals surface area contributed by atoms with Crippen LogP contribution in [0.4, 0.5) is 0 Å². The highest BCUT2D eigenvalue weighted by molar-refractivity contribution is 5.50. The third kappa shape index (κ3) is 3.79. The molecule has 0 aliphatic carbocycles. The number of rotatable bonds is 9. The van der Waals surface area contributed by atoms with Gasteiger partial charge in [0.2, 0.25) is 5.75 Å². The van der Waals surface area contributed by atoms with E-state index in [4.69, 9.17) is 19.9 Å². The zero-order valence-electron chi connectivity index (χ0n) is 13.1. The second-order valence-corrected chi connectivity index (χ2v) is 5.00. The van der Waals surface area contributed by atoms with Crippen LogP contribution in [0.5, 0.6) is 17.2 Å². The molecule has 0 aromatic heterocycles. The van der Waals surface area contributed by atoms with Gasteiger partial charge in [0.15, 0.2) is 11.5 Å². The number of benzene rings is 1. The van der Waals surface area contributed by atoms with E-state index in [-0.39, 0.29) is 5.41 Å². The molecular weight excluding hydrogens is 254 g/mol. The molecule has 0 heterocycles. The molecular formula is C16H27NO3. The molecule has 4 heteroatoms. The lowest BCUT2D eigenvalue weighted by atomic mass is 9.80. The molecule has 0 saturated carbocycles. The molecule has 0 unspecified atom stereocenters. The van der Waals surface area contributed by atoms with Gasteiger partial charge in [-0.1, -0.05) is 19.9 Å². The quantitative estimate of drug-likeness (QED) is 0.755. The third-order valence-electron chi connectivity index (χ3n) is 4.19. The van der Waals surface area contributed by atoms with Crippen molar-refractivity contribution >= 4 is 0 Å². The van der Waals surface area contributed by atoms with Crippen LogP contribution in [0.2, 0.25) is 0 Å². The van der Waals surface area contributed by atoms with Crippen molar-refractivity contribution < 1.29 is 14.2 Å². The zero-order chi connectivity index (χ0) is 15.0. The first-order valence-corrected chi connectivity index (χ1v) is 7.20. The summed E-state index contributed by atoms with van der Waals surface area (Å²) in [5, 5.41) is 0. The van der Waals surface area contributed by atoms with E-state index in [0.717, 1.165) is 19.3 Å². The van der Waals surface area contributed by atoms with Crippen molar-refractivity contribution in [3.8, 4) is 17.2 Å². The van der Waals surface area contributed by atoms with Crippen LogP contribution in [-0.4, -0.2) is 27.4 Å². The predicted molar refractivity (Wildman–Crippen MR) is 81.7 cm³/mol. The van der Waals surface area contributed by atoms with Crippen LogP contribution in [0.3, 0.4) is 0 Å². The molecule has 0 aliphatic heterocycles. The van der Waals surface area contributed by atoms with Crippen molar-refractivity contribution in [2.45, 2.75) is 33.1 Å². The molecule has 2 N–H and O–H groups in total. The fraction of sp³-hybridized carbons (Fsp3) is 0.625. The summed E-state index contributed by atoms with van der Waals surface area (Å²) in [6.45, 7) is 5.69. The van der Waals surface area contributed by atoms with Gasteiger partial charge in [-0.25, -0.2) is 0 Å². The Kier molecular flexibility index (Phi) is 6.65. The van der Waals surface area contributed by atoms with Crippen molar-refractivity contribution in [1.29, 1.82) is 0 Å². The van der Waals surface area contributed by atoms with E-state index >= 15 is 0 Å². The molecule has 0 amide bonds. The van der Waals surface area contributed by atoms with Crippen molar-refractivity contribution in [1.82, 2.24) is 0 Å². The first kappa shape index (κ1) is 16.6. The van der Waals surface area contributed by atoms with Crippen LogP contribution < -0.4 is 19.9 Å². The molecule has 0 bridgehead atoms. The monoisotopic (exact) mass is 281 g/mol. The van der Waals surface area contributed by atoms with Gasteiger partial charge in [0.05, 0.1) is 20.8 Å². The SMILES string of the molecule is CCC(CC)(CN)CCOc1cccc(OC)c1OC. The van der Waals surface area contributed by atoms with Crippen molar-refractivity contribution in [3.63, 3.8) is 0 Å². The van der Waals surface area contributed by atoms with Gasteiger partial charge in [-0.2, -0.15) is 0 Å². The van der Waals surface area contributed by atoms with Gasteiger partial charge in [0, 0.05) is 0 Å². The Morgan fingerprint density at radius 1 is 1.05 bits per heavy atom. The van der Waals surface area contributed by atoms with Gasteiger partial charge in [0.1, 0.15) is 0 Å². The fourth-order valence-corrected chi connectivity index (χ4v) is 2.34. The van der Waals surface area contributed by atoms with E-state index in [0.29, 0.717) is 30.4 Å². The van der Waals surface area contributed by atoms with Crippen LogP contribution in [0.1, 0.15) is 33.1 Å². The number of ether oxygens (including phenoxy) is 3. The lowest BCUT2D eigenvalue weighted by Gasteiger charge is -2.30. The average Bonchev–Trinajstić information content (AvgIpc) is 2.51. The molecule has 0 atom stereocenters. The van der Waals surface area contributed by atoms with Gasteiger partial charge >= 0.3 is 0 Å². The minimum absolute atomic E-state index is 0.173. The van der Waals surface area contributed by atoms with E-state index in [2.05, 4.69) is 13.8 Å². The van der Waals surface area contributed by atoms with Gasteiger partial charge in [0.25, 0.3) is 0 Å². The van der Waals surface area contributed by atoms with Crippen LogP contribution in [0.15, 0.2) is 18.2 Å². The molecule has 1 aromatic carbocycles. The number of hydrogen-bond donors (Lipinski definition) is 1. The van der Waals surface area contributed by atoms with Crippen molar-refractivity contribution in [3.05, 3.63) is 18.2 Å². The maximum atomic E-state index is 5.91. The summed E-state index contributed by atoms with van der Waals surface area (Å²) in [7, 11) is 3.24. The summed E-state index contributed by atoms with van der Waals surface area (Å²) in [6, 6.07) is 5.64. The minimum atomic E-state index is 0.173. The maximum absolute atomic E-state index is 5.91. The summed E-state index contributed by atoms with van der Waals surface area (Å²) in [6.07, 6.45) is 3.08. The average molecular weight is 281 g/mol. The van der Waals surface area contributed by atoms with E-state index in [1.54, 1.807) is 14.2 Å². The van der Waals surface area contributed by atoms with Crippen LogP contribution in [0.25, 0.3) is 0 Å². The standard InChI is InChI=1S/C16H27NO3/c1-5-16(6-2,12-17)10-11-20-14-9-7-8-13(18-3)15(14)19-4/h7-9H,5-6,10-12,17H2,1-4H3. The molecule has 1 aromatic rings. The Morgan fingerprint density at radius 2 is 1.70 bits per heavy atom. The fourth-order valence-electron chi connectivity index (χ4n) is 2.34. The smallest absolute Gasteiger partial charge is 0.203 e. The summed E-state index contributed by atoms with van der Waals surface area (Å²) in [5.74, 6) is 2.03. The highest BCUT2D eigenvalue weighted by Crippen LogP contribution is 2.37. The van der Waals surface area contributed by atoms with Crippen LogP contribution in [0, 0.1) is 5.41 Å². The Balaban J connectivity index is 2.71. The van der Waals surface area contributed by atoms with E-state index in [1.165, 1.54) is 0 Å². The van der Waals surface area contributed by atoms with Gasteiger partial charge in [-0.15, -0.1) is 0 Å². The summed E-state index contributed by atoms with van der Waals surface area (Å²) >= 11 is 0. The second-order valence-electron chi connectivity index (χ2n) is 5.00. The summed E-state index contributed by atoms with van der Waals surface area (Å²) < 4.78 is 16.5. The summed E-state index contributed by atoms with van der Waals surface area (Å²) in [4.78, 5) is 0. The maximum Gasteiger partial charge on any atom is 0.203 e. The molecule has 4 nitrogen and oxygen atoms in total. The largest absolute Gasteiger partial charge is 0.493 e. The first-order chi connectivity index (χ1) is 9.66. The Labute approximate surface area is 122 Å². The lowest BCUT2D eigenvalue weighted by Crippen LogP contribution is -2.31. The highest BCUT2D eigenvalue weighted by Gasteiger charge is 2.24. The Bertz CT molecular complexity index is 394. The second kappa shape index (κ2) is 8.00. The molecule has 0 aliphatic rings. The normalized spacial score (nSPS) is 11.2. The molecule has 1 rings (SSSR count). The summed E-state index contributed by atoms with van der Waals surface area (Å²) in [5.41, 5.74) is 6.08. The number of methoxy groups -OCH3 is 2. The zero-order valence-corrected chi connectivity index (χ0v) is 13.1. The first-order valence-electron chi connectivity index (χ1n) is 7.20. The topological polar surface area (TPSA) is 53.7 Å². The predicted octanol–water partition coefficient (Wildman–Crippen LogP) is 3.24. The van der Waals surface area contributed by atoms with Gasteiger partial charge in [-0.3, -0.25) is 0 Å². The van der Waals surface area contributed by atoms with Crippen molar-refractivity contribution in [2.75, 3.05) is 27.4 Å². The molecule has 114 valence electrons. The Morgan fingerprint density at radius 3 is 2.20 bits per heavy atom. The van der Waals surface area contributed by atoms with Gasteiger partial charge in [-0.05, 0) is 43.4 Å². The molecule has 0 spiro atoms.